The highest BCUT2D eigenvalue weighted by Crippen LogP contribution is 2.17. The number of ether oxygens (including phenoxy) is 1. The molecule has 9 heteroatoms. The summed E-state index contributed by atoms with van der Waals surface area (Å²) in [6.45, 7) is 0.630. The van der Waals surface area contributed by atoms with E-state index in [-0.39, 0.29) is 30.8 Å². The van der Waals surface area contributed by atoms with Crippen LogP contribution in [0, 0.1) is 5.92 Å². The quantitative estimate of drug-likeness (QED) is 0.776. The van der Waals surface area contributed by atoms with E-state index in [2.05, 4.69) is 4.98 Å². The van der Waals surface area contributed by atoms with Crippen molar-refractivity contribution in [2.45, 2.75) is 19.3 Å². The van der Waals surface area contributed by atoms with Crippen molar-refractivity contribution in [1.82, 2.24) is 14.3 Å². The molecule has 1 saturated heterocycles. The maximum Gasteiger partial charge on any atom is 0.312 e. The topological polar surface area (TPSA) is 107 Å². The Kier molecular flexibility index (Phi) is 4.79. The van der Waals surface area contributed by atoms with Crippen LogP contribution in [-0.2, 0) is 25.5 Å². The van der Waals surface area contributed by atoms with E-state index < -0.39 is 5.97 Å². The molecule has 3 heterocycles. The monoisotopic (exact) mass is 350 g/mol. The molecular formula is C15H18N4O4S. The molecular weight excluding hydrogens is 332 g/mol. The number of nitrogens with two attached hydrogens (primary N) is 1. The van der Waals surface area contributed by atoms with E-state index >= 15 is 0 Å². The van der Waals surface area contributed by atoms with Gasteiger partial charge in [-0.3, -0.25) is 18.8 Å². The zero-order valence-electron chi connectivity index (χ0n) is 13.0. The van der Waals surface area contributed by atoms with E-state index in [0.29, 0.717) is 31.6 Å². The fraction of sp³-hybridized carbons (Fsp3) is 0.467. The molecule has 0 atom stereocenters. The molecule has 0 aliphatic carbocycles. The fourth-order valence-electron chi connectivity index (χ4n) is 2.71. The number of primary amides is 1. The molecule has 3 rings (SSSR count). The van der Waals surface area contributed by atoms with Gasteiger partial charge >= 0.3 is 5.97 Å². The Labute approximate surface area is 142 Å². The average Bonchev–Trinajstić information content (AvgIpc) is 3.14. The molecule has 2 N–H and O–H groups in total. The lowest BCUT2D eigenvalue weighted by molar-refractivity contribution is -0.152. The minimum atomic E-state index is -0.485. The third-order valence-corrected chi connectivity index (χ3v) is 4.85. The first-order valence-corrected chi connectivity index (χ1v) is 8.54. The van der Waals surface area contributed by atoms with Gasteiger partial charge in [0.2, 0.25) is 5.91 Å². The van der Waals surface area contributed by atoms with E-state index in [4.69, 9.17) is 10.5 Å². The molecule has 0 spiro atoms. The van der Waals surface area contributed by atoms with Gasteiger partial charge in [-0.2, -0.15) is 0 Å². The Balaban J connectivity index is 1.43. The molecule has 0 aromatic carbocycles. The highest BCUT2D eigenvalue weighted by Gasteiger charge is 2.26. The summed E-state index contributed by atoms with van der Waals surface area (Å²) >= 11 is 1.48. The summed E-state index contributed by atoms with van der Waals surface area (Å²) < 4.78 is 6.87. The Morgan fingerprint density at radius 3 is 2.75 bits per heavy atom. The first-order valence-electron chi connectivity index (χ1n) is 7.66. The summed E-state index contributed by atoms with van der Waals surface area (Å²) in [7, 11) is 0. The van der Waals surface area contributed by atoms with Crippen LogP contribution in [0.1, 0.15) is 18.5 Å². The van der Waals surface area contributed by atoms with Crippen molar-refractivity contribution in [2.75, 3.05) is 19.7 Å². The van der Waals surface area contributed by atoms with E-state index in [1.54, 1.807) is 11.1 Å². The van der Waals surface area contributed by atoms with Crippen LogP contribution in [0.3, 0.4) is 0 Å². The maximum absolute atomic E-state index is 12.0. The number of rotatable bonds is 5. The van der Waals surface area contributed by atoms with Crippen molar-refractivity contribution in [3.8, 4) is 0 Å². The van der Waals surface area contributed by atoms with Gasteiger partial charge in [-0.05, 0) is 12.8 Å². The Morgan fingerprint density at radius 2 is 2.08 bits per heavy atom. The number of amides is 2. The van der Waals surface area contributed by atoms with Gasteiger partial charge in [-0.1, -0.05) is 0 Å². The summed E-state index contributed by atoms with van der Waals surface area (Å²) in [5, 5.41) is 1.91. The molecule has 1 aliphatic heterocycles. The molecule has 0 unspecified atom stereocenters. The van der Waals surface area contributed by atoms with Crippen molar-refractivity contribution in [3.63, 3.8) is 0 Å². The summed E-state index contributed by atoms with van der Waals surface area (Å²) in [5.74, 6) is -1.24. The summed E-state index contributed by atoms with van der Waals surface area (Å²) in [4.78, 5) is 41.7. The number of nitrogens with zero attached hydrogens (tertiary/aromatic N) is 3. The third-order valence-electron chi connectivity index (χ3n) is 4.08. The van der Waals surface area contributed by atoms with E-state index in [9.17, 15) is 14.4 Å². The first kappa shape index (κ1) is 16.4. The van der Waals surface area contributed by atoms with Gasteiger partial charge in [-0.25, -0.2) is 4.98 Å². The van der Waals surface area contributed by atoms with Crippen LogP contribution in [0.5, 0.6) is 0 Å². The SMILES string of the molecule is NC(=O)C1CCN(C(=O)COC(=O)Cc2cn3ccsc3n2)CC1. The number of aromatic nitrogens is 2. The lowest BCUT2D eigenvalue weighted by atomic mass is 9.96. The van der Waals surface area contributed by atoms with Crippen molar-refractivity contribution < 1.29 is 19.1 Å². The van der Waals surface area contributed by atoms with Crippen LogP contribution in [0.15, 0.2) is 17.8 Å². The zero-order valence-corrected chi connectivity index (χ0v) is 13.8. The average molecular weight is 350 g/mol. The number of carbonyl (C=O) groups is 3. The molecule has 8 nitrogen and oxygen atoms in total. The molecule has 1 aliphatic rings. The number of hydrogen-bond acceptors (Lipinski definition) is 6. The highest BCUT2D eigenvalue weighted by molar-refractivity contribution is 7.15. The minimum absolute atomic E-state index is 0.0332. The smallest absolute Gasteiger partial charge is 0.312 e. The molecule has 2 aromatic heterocycles. The number of piperidine rings is 1. The molecule has 128 valence electrons. The first-order chi connectivity index (χ1) is 11.5. The molecule has 1 fully saturated rings. The number of likely N-dealkylation sites (tertiary alicyclic amines) is 1. The van der Waals surface area contributed by atoms with Gasteiger partial charge < -0.3 is 15.4 Å². The molecule has 24 heavy (non-hydrogen) atoms. The van der Waals surface area contributed by atoms with E-state index in [1.165, 1.54) is 11.3 Å². The van der Waals surface area contributed by atoms with Gasteiger partial charge in [0.05, 0.1) is 12.1 Å². The number of carbonyl (C=O) groups excluding carboxylic acids is 3. The van der Waals surface area contributed by atoms with E-state index in [1.807, 2.05) is 16.0 Å². The summed E-state index contributed by atoms with van der Waals surface area (Å²) in [6.07, 6.45) is 4.77. The van der Waals surface area contributed by atoms with Gasteiger partial charge in [-0.15, -0.1) is 11.3 Å². The fourth-order valence-corrected chi connectivity index (χ4v) is 3.43. The van der Waals surface area contributed by atoms with Crippen LogP contribution < -0.4 is 5.73 Å². The predicted molar refractivity (Wildman–Crippen MR) is 86.2 cm³/mol. The summed E-state index contributed by atoms with van der Waals surface area (Å²) in [5.41, 5.74) is 5.87. The van der Waals surface area contributed by atoms with Crippen LogP contribution in [0.2, 0.25) is 0 Å². The van der Waals surface area contributed by atoms with Crippen LogP contribution in [-0.4, -0.2) is 51.8 Å². The number of thiazole rings is 1. The minimum Gasteiger partial charge on any atom is -0.455 e. The number of esters is 1. The molecule has 2 amide bonds. The Bertz CT molecular complexity index is 732. The number of fused-ring (bicyclic) bond motifs is 1. The molecule has 2 aromatic rings. The second-order valence-corrected chi connectivity index (χ2v) is 6.59. The maximum atomic E-state index is 12.0. The van der Waals surface area contributed by atoms with Crippen LogP contribution in [0.25, 0.3) is 4.96 Å². The normalized spacial score (nSPS) is 15.6. The van der Waals surface area contributed by atoms with Gasteiger partial charge in [0, 0.05) is 36.8 Å². The van der Waals surface area contributed by atoms with Crippen molar-refractivity contribution in [3.05, 3.63) is 23.5 Å². The standard InChI is InChI=1S/C15H18N4O4S/c16-14(22)10-1-3-18(4-2-10)12(20)9-23-13(21)7-11-8-19-5-6-24-15(19)17-11/h5-6,8,10H,1-4,7,9H2,(H2,16,22). The van der Waals surface area contributed by atoms with Crippen molar-refractivity contribution >= 4 is 34.1 Å². The van der Waals surface area contributed by atoms with Gasteiger partial charge in [0.15, 0.2) is 11.6 Å². The lowest BCUT2D eigenvalue weighted by Gasteiger charge is -2.30. The molecule has 0 radical (unpaired) electrons. The predicted octanol–water partition coefficient (Wildman–Crippen LogP) is 0.205. The molecule has 0 bridgehead atoms. The lowest BCUT2D eigenvalue weighted by Crippen LogP contribution is -2.43. The van der Waals surface area contributed by atoms with Gasteiger partial charge in [0.1, 0.15) is 0 Å². The second kappa shape index (κ2) is 7.00. The largest absolute Gasteiger partial charge is 0.455 e. The number of hydrogen-bond donors (Lipinski definition) is 1. The third kappa shape index (κ3) is 3.73. The summed E-state index contributed by atoms with van der Waals surface area (Å²) in [6, 6.07) is 0. The van der Waals surface area contributed by atoms with Crippen molar-refractivity contribution in [1.29, 1.82) is 0 Å². The van der Waals surface area contributed by atoms with Gasteiger partial charge in [0.25, 0.3) is 5.91 Å². The zero-order chi connectivity index (χ0) is 17.1. The molecule has 0 saturated carbocycles. The van der Waals surface area contributed by atoms with Crippen LogP contribution >= 0.6 is 11.3 Å². The Morgan fingerprint density at radius 1 is 1.33 bits per heavy atom. The Hall–Kier alpha value is -2.42. The second-order valence-electron chi connectivity index (χ2n) is 5.72. The van der Waals surface area contributed by atoms with Crippen LogP contribution in [0.4, 0.5) is 0 Å². The highest BCUT2D eigenvalue weighted by atomic mass is 32.1. The van der Waals surface area contributed by atoms with Crippen molar-refractivity contribution in [2.24, 2.45) is 11.7 Å². The van der Waals surface area contributed by atoms with E-state index in [0.717, 1.165) is 4.96 Å². The number of imidazole rings is 1.